The molecule has 2 rings (SSSR count). The number of hydrogen-bond acceptors (Lipinski definition) is 6. The van der Waals surface area contributed by atoms with Crippen LogP contribution in [0.3, 0.4) is 0 Å². The number of anilines is 1. The van der Waals surface area contributed by atoms with Crippen molar-refractivity contribution in [2.24, 2.45) is 0 Å². The smallest absolute Gasteiger partial charge is 0.270 e. The minimum absolute atomic E-state index is 0.0349. The Morgan fingerprint density at radius 1 is 1.19 bits per heavy atom. The van der Waals surface area contributed by atoms with Crippen molar-refractivity contribution in [3.8, 4) is 0 Å². The van der Waals surface area contributed by atoms with Crippen molar-refractivity contribution >= 4 is 32.4 Å². The molecule has 0 aliphatic heterocycles. The first kappa shape index (κ1) is 20.5. The lowest BCUT2D eigenvalue weighted by Crippen LogP contribution is -2.27. The Kier molecular flexibility index (Phi) is 6.15. The molecule has 142 valence electrons. The second-order valence-electron chi connectivity index (χ2n) is 6.99. The van der Waals surface area contributed by atoms with Crippen LogP contribution in [0, 0.1) is 0 Å². The van der Waals surface area contributed by atoms with Gasteiger partial charge in [0.1, 0.15) is 0 Å². The number of nitrogens with zero attached hydrogens (tertiary/aromatic N) is 2. The highest BCUT2D eigenvalue weighted by Gasteiger charge is 2.24. The number of carbonyl (C=O) groups is 1. The predicted molar refractivity (Wildman–Crippen MR) is 103 cm³/mol. The van der Waals surface area contributed by atoms with E-state index in [9.17, 15) is 13.2 Å². The zero-order valence-corrected chi connectivity index (χ0v) is 17.2. The number of rotatable bonds is 6. The molecule has 0 spiro atoms. The number of sulfonamides is 1. The molecule has 0 bridgehead atoms. The average molecular weight is 397 g/mol. The highest BCUT2D eigenvalue weighted by molar-refractivity contribution is 7.91. The van der Waals surface area contributed by atoms with Crippen LogP contribution < -0.4 is 10.0 Å². The molecule has 0 saturated carbocycles. The average Bonchev–Trinajstić information content (AvgIpc) is 3.03. The fraction of sp³-hybridized carbons (Fsp3) is 0.471. The summed E-state index contributed by atoms with van der Waals surface area (Å²) < 4.78 is 27.4. The van der Waals surface area contributed by atoms with Gasteiger partial charge in [-0.25, -0.2) is 13.1 Å². The molecule has 2 N–H and O–H groups in total. The van der Waals surface area contributed by atoms with E-state index in [2.05, 4.69) is 41.0 Å². The van der Waals surface area contributed by atoms with Crippen LogP contribution in [0.2, 0.25) is 0 Å². The van der Waals surface area contributed by atoms with Gasteiger partial charge in [-0.2, -0.15) is 0 Å². The summed E-state index contributed by atoms with van der Waals surface area (Å²) in [6.07, 6.45) is 0.279. The number of nitrogens with one attached hydrogen (secondary N) is 2. The van der Waals surface area contributed by atoms with E-state index in [1.165, 1.54) is 5.56 Å². The summed E-state index contributed by atoms with van der Waals surface area (Å²) in [7, 11) is -3.82. The molecule has 0 aliphatic rings. The van der Waals surface area contributed by atoms with Gasteiger partial charge in [-0.05, 0) is 23.5 Å². The summed E-state index contributed by atoms with van der Waals surface area (Å²) >= 11 is 0.822. The van der Waals surface area contributed by atoms with Crippen molar-refractivity contribution in [3.05, 3.63) is 35.4 Å². The largest absolute Gasteiger partial charge is 0.301 e. The van der Waals surface area contributed by atoms with Gasteiger partial charge in [0.15, 0.2) is 0 Å². The molecule has 0 aliphatic carbocycles. The van der Waals surface area contributed by atoms with Crippen molar-refractivity contribution in [2.45, 2.75) is 56.8 Å². The normalized spacial score (nSPS) is 13.4. The van der Waals surface area contributed by atoms with Crippen LogP contribution in [0.1, 0.15) is 58.2 Å². The number of aromatic nitrogens is 2. The van der Waals surface area contributed by atoms with E-state index >= 15 is 0 Å². The van der Waals surface area contributed by atoms with E-state index in [1.807, 2.05) is 24.3 Å². The molecule has 0 radical (unpaired) electrons. The fourth-order valence-corrected chi connectivity index (χ4v) is 4.36. The Bertz CT molecular complexity index is 868. The van der Waals surface area contributed by atoms with Crippen LogP contribution in [-0.4, -0.2) is 24.5 Å². The van der Waals surface area contributed by atoms with E-state index in [-0.39, 0.29) is 27.2 Å². The molecule has 2 aromatic rings. The molecular weight excluding hydrogens is 372 g/mol. The fourth-order valence-electron chi connectivity index (χ4n) is 2.20. The Labute approximate surface area is 158 Å². The van der Waals surface area contributed by atoms with E-state index < -0.39 is 16.1 Å². The molecule has 7 nitrogen and oxygen atoms in total. The maximum Gasteiger partial charge on any atom is 0.270 e. The highest BCUT2D eigenvalue weighted by atomic mass is 32.2. The van der Waals surface area contributed by atoms with Crippen LogP contribution in [-0.2, 0) is 20.2 Å². The highest BCUT2D eigenvalue weighted by Crippen LogP contribution is 2.25. The lowest BCUT2D eigenvalue weighted by molar-refractivity contribution is -0.115. The number of amides is 1. The zero-order valence-electron chi connectivity index (χ0n) is 15.5. The van der Waals surface area contributed by atoms with Gasteiger partial charge in [-0.1, -0.05) is 63.3 Å². The van der Waals surface area contributed by atoms with Crippen molar-refractivity contribution in [1.82, 2.24) is 14.9 Å². The molecule has 0 unspecified atom stereocenters. The van der Waals surface area contributed by atoms with Gasteiger partial charge < -0.3 is 5.32 Å². The third-order valence-corrected chi connectivity index (χ3v) is 6.56. The van der Waals surface area contributed by atoms with Crippen molar-refractivity contribution in [3.63, 3.8) is 0 Å². The molecule has 1 atom stereocenters. The topological polar surface area (TPSA) is 101 Å². The minimum Gasteiger partial charge on any atom is -0.301 e. The zero-order chi connectivity index (χ0) is 19.5. The first-order valence-electron chi connectivity index (χ1n) is 8.29. The van der Waals surface area contributed by atoms with E-state index in [4.69, 9.17) is 0 Å². The van der Waals surface area contributed by atoms with Crippen molar-refractivity contribution in [2.75, 3.05) is 5.32 Å². The predicted octanol–water partition coefficient (Wildman–Crippen LogP) is 3.22. The Hall–Kier alpha value is -1.84. The summed E-state index contributed by atoms with van der Waals surface area (Å²) in [6.45, 7) is 9.84. The van der Waals surface area contributed by atoms with Crippen molar-refractivity contribution < 1.29 is 13.2 Å². The monoisotopic (exact) mass is 396 g/mol. The van der Waals surface area contributed by atoms with Gasteiger partial charge in [0.2, 0.25) is 15.4 Å². The van der Waals surface area contributed by atoms with Gasteiger partial charge >= 0.3 is 0 Å². The lowest BCUT2D eigenvalue weighted by Gasteiger charge is -2.20. The van der Waals surface area contributed by atoms with E-state index in [1.54, 1.807) is 13.8 Å². The Morgan fingerprint density at radius 3 is 2.35 bits per heavy atom. The van der Waals surface area contributed by atoms with E-state index in [0.29, 0.717) is 0 Å². The number of carbonyl (C=O) groups excluding carboxylic acids is 1. The van der Waals surface area contributed by atoms with E-state index in [0.717, 1.165) is 16.9 Å². The van der Waals surface area contributed by atoms with Crippen LogP contribution >= 0.6 is 11.3 Å². The summed E-state index contributed by atoms with van der Waals surface area (Å²) in [5.74, 6) is -0.245. The first-order valence-corrected chi connectivity index (χ1v) is 10.6. The van der Waals surface area contributed by atoms with Gasteiger partial charge in [0.25, 0.3) is 10.0 Å². The maximum absolute atomic E-state index is 12.5. The molecule has 0 fully saturated rings. The minimum atomic E-state index is -3.82. The molecule has 26 heavy (non-hydrogen) atoms. The molecular formula is C17H24N4O3S2. The number of benzene rings is 1. The SMILES string of the molecule is CCC(=O)Nc1nnc(S(=O)(=O)N[C@@H](C)c2ccc(C(C)(C)C)cc2)s1. The summed E-state index contributed by atoms with van der Waals surface area (Å²) in [6, 6.07) is 7.42. The van der Waals surface area contributed by atoms with Gasteiger partial charge in [-0.3, -0.25) is 4.79 Å². The molecule has 1 heterocycles. The molecule has 1 aromatic carbocycles. The van der Waals surface area contributed by atoms with Crippen LogP contribution in [0.25, 0.3) is 0 Å². The molecule has 0 saturated heterocycles. The van der Waals surface area contributed by atoms with Gasteiger partial charge in [0, 0.05) is 12.5 Å². The van der Waals surface area contributed by atoms with Crippen LogP contribution in [0.5, 0.6) is 0 Å². The lowest BCUT2D eigenvalue weighted by atomic mass is 9.86. The quantitative estimate of drug-likeness (QED) is 0.730. The molecule has 1 aromatic heterocycles. The second kappa shape index (κ2) is 7.81. The summed E-state index contributed by atoms with van der Waals surface area (Å²) in [5.41, 5.74) is 2.06. The van der Waals surface area contributed by atoms with Gasteiger partial charge in [-0.15, -0.1) is 10.2 Å². The third-order valence-electron chi connectivity index (χ3n) is 3.81. The first-order chi connectivity index (χ1) is 12.0. The number of hydrogen-bond donors (Lipinski definition) is 2. The standard InChI is InChI=1S/C17H24N4O3S2/c1-6-14(22)18-15-19-20-16(25-15)26(23,24)21-11(2)12-7-9-13(10-8-12)17(3,4)5/h7-11,21H,6H2,1-5H3,(H,18,19,22)/t11-/m0/s1. The summed E-state index contributed by atoms with van der Waals surface area (Å²) in [5, 5.41) is 10.0. The Balaban J connectivity index is 2.12. The third kappa shape index (κ3) is 5.09. The molecule has 1 amide bonds. The summed E-state index contributed by atoms with van der Waals surface area (Å²) in [4.78, 5) is 11.4. The maximum atomic E-state index is 12.5. The van der Waals surface area contributed by atoms with Crippen LogP contribution in [0.4, 0.5) is 5.13 Å². The molecule has 9 heteroatoms. The van der Waals surface area contributed by atoms with Crippen molar-refractivity contribution in [1.29, 1.82) is 0 Å². The van der Waals surface area contributed by atoms with Gasteiger partial charge in [0.05, 0.1) is 0 Å². The van der Waals surface area contributed by atoms with Crippen LogP contribution in [0.15, 0.2) is 28.6 Å². The Morgan fingerprint density at radius 2 is 1.81 bits per heavy atom. The second-order valence-corrected chi connectivity index (χ2v) is 9.86.